The van der Waals surface area contributed by atoms with Gasteiger partial charge in [0.1, 0.15) is 5.69 Å². The molecule has 0 spiro atoms. The molecule has 0 fully saturated rings. The van der Waals surface area contributed by atoms with E-state index in [4.69, 9.17) is 11.6 Å². The van der Waals surface area contributed by atoms with E-state index >= 15 is 0 Å². The Hall–Kier alpha value is -3.01. The highest BCUT2D eigenvalue weighted by atomic mass is 35.5. The Labute approximate surface area is 185 Å². The van der Waals surface area contributed by atoms with Crippen LogP contribution in [-0.2, 0) is 10.0 Å². The molecule has 10 heteroatoms. The number of hydrazine groups is 1. The molecule has 2 aromatic carbocycles. The molecule has 1 heterocycles. The average Bonchev–Trinajstić information content (AvgIpc) is 2.76. The zero-order valence-electron chi connectivity index (χ0n) is 17.1. The van der Waals surface area contributed by atoms with Crippen LogP contribution < -0.4 is 10.9 Å². The van der Waals surface area contributed by atoms with Crippen LogP contribution in [0.4, 0.5) is 0 Å². The Morgan fingerprint density at radius 2 is 1.68 bits per heavy atom. The third-order valence-electron chi connectivity index (χ3n) is 4.71. The predicted octanol–water partition coefficient (Wildman–Crippen LogP) is 2.99. The standard InChI is InChI=1S/C21H21ClN4O4S/c1-13(2)26(3)31(29,30)15-9-10-17(22)16(12-15)20(27)24-25-21(28)19-11-8-14-6-4-5-7-18(14)23-19/h4-13H,1-3H3,(H,24,27)(H,25,28). The van der Waals surface area contributed by atoms with Crippen molar-refractivity contribution in [3.8, 4) is 0 Å². The van der Waals surface area contributed by atoms with Crippen LogP contribution in [0.1, 0.15) is 34.7 Å². The number of benzene rings is 2. The van der Waals surface area contributed by atoms with E-state index in [0.29, 0.717) is 5.52 Å². The molecule has 0 unspecified atom stereocenters. The van der Waals surface area contributed by atoms with Gasteiger partial charge in [0, 0.05) is 18.5 Å². The minimum atomic E-state index is -3.81. The Morgan fingerprint density at radius 1 is 1.00 bits per heavy atom. The molecule has 2 N–H and O–H groups in total. The number of aromatic nitrogens is 1. The van der Waals surface area contributed by atoms with E-state index in [1.54, 1.807) is 32.0 Å². The van der Waals surface area contributed by atoms with Gasteiger partial charge in [-0.05, 0) is 44.2 Å². The molecule has 3 rings (SSSR count). The maximum atomic E-state index is 12.7. The summed E-state index contributed by atoms with van der Waals surface area (Å²) in [7, 11) is -2.36. The van der Waals surface area contributed by atoms with Gasteiger partial charge in [-0.15, -0.1) is 0 Å². The van der Waals surface area contributed by atoms with E-state index in [9.17, 15) is 18.0 Å². The van der Waals surface area contributed by atoms with Crippen molar-refractivity contribution in [2.75, 3.05) is 7.05 Å². The van der Waals surface area contributed by atoms with Crippen LogP contribution in [0.15, 0.2) is 59.5 Å². The van der Waals surface area contributed by atoms with E-state index in [-0.39, 0.29) is 27.2 Å². The SMILES string of the molecule is CC(C)N(C)S(=O)(=O)c1ccc(Cl)c(C(=O)NNC(=O)c2ccc3ccccc3n2)c1. The molecule has 0 aliphatic carbocycles. The normalized spacial score (nSPS) is 11.7. The first-order valence-corrected chi connectivity index (χ1v) is 11.2. The number of nitrogens with zero attached hydrogens (tertiary/aromatic N) is 2. The summed E-state index contributed by atoms with van der Waals surface area (Å²) in [6.45, 7) is 3.47. The van der Waals surface area contributed by atoms with Crippen LogP contribution in [0.25, 0.3) is 10.9 Å². The fourth-order valence-corrected chi connectivity index (χ4v) is 4.32. The van der Waals surface area contributed by atoms with Crippen molar-refractivity contribution in [2.24, 2.45) is 0 Å². The lowest BCUT2D eigenvalue weighted by atomic mass is 10.2. The first kappa shape index (κ1) is 22.7. The fourth-order valence-electron chi connectivity index (χ4n) is 2.72. The number of nitrogens with one attached hydrogen (secondary N) is 2. The Bertz CT molecular complexity index is 1260. The van der Waals surface area contributed by atoms with Crippen LogP contribution in [0, 0.1) is 0 Å². The molecular weight excluding hydrogens is 440 g/mol. The molecule has 3 aromatic rings. The third-order valence-corrected chi connectivity index (χ3v) is 7.07. The van der Waals surface area contributed by atoms with E-state index in [1.165, 1.54) is 35.6 Å². The summed E-state index contributed by atoms with van der Waals surface area (Å²) in [6.07, 6.45) is 0. The fraction of sp³-hybridized carbons (Fsp3) is 0.190. The lowest BCUT2D eigenvalue weighted by Gasteiger charge is -2.21. The monoisotopic (exact) mass is 460 g/mol. The highest BCUT2D eigenvalue weighted by Gasteiger charge is 2.25. The molecule has 31 heavy (non-hydrogen) atoms. The number of hydrogen-bond acceptors (Lipinski definition) is 5. The smallest absolute Gasteiger partial charge is 0.267 e. The van der Waals surface area contributed by atoms with Gasteiger partial charge in [0.2, 0.25) is 10.0 Å². The van der Waals surface area contributed by atoms with E-state index in [2.05, 4.69) is 15.8 Å². The maximum Gasteiger partial charge on any atom is 0.288 e. The summed E-state index contributed by atoms with van der Waals surface area (Å²) in [5.41, 5.74) is 5.17. The van der Waals surface area contributed by atoms with Gasteiger partial charge in [-0.3, -0.25) is 20.4 Å². The number of carbonyl (C=O) groups excluding carboxylic acids is 2. The molecule has 8 nitrogen and oxygen atoms in total. The topological polar surface area (TPSA) is 108 Å². The van der Waals surface area contributed by atoms with Gasteiger partial charge in [0.05, 0.1) is 21.0 Å². The van der Waals surface area contributed by atoms with Crippen LogP contribution >= 0.6 is 11.6 Å². The van der Waals surface area contributed by atoms with Crippen molar-refractivity contribution < 1.29 is 18.0 Å². The number of sulfonamides is 1. The van der Waals surface area contributed by atoms with Crippen molar-refractivity contribution in [2.45, 2.75) is 24.8 Å². The highest BCUT2D eigenvalue weighted by molar-refractivity contribution is 7.89. The molecule has 162 valence electrons. The number of rotatable bonds is 5. The molecule has 0 saturated carbocycles. The van der Waals surface area contributed by atoms with Crippen molar-refractivity contribution in [1.82, 2.24) is 20.1 Å². The van der Waals surface area contributed by atoms with Crippen LogP contribution in [0.5, 0.6) is 0 Å². The number of carbonyl (C=O) groups is 2. The summed E-state index contributed by atoms with van der Waals surface area (Å²) in [4.78, 5) is 29.1. The summed E-state index contributed by atoms with van der Waals surface area (Å²) in [5, 5.41) is 0.918. The van der Waals surface area contributed by atoms with Crippen LogP contribution in [0.3, 0.4) is 0 Å². The van der Waals surface area contributed by atoms with Crippen LogP contribution in [0.2, 0.25) is 5.02 Å². The minimum absolute atomic E-state index is 0.0433. The summed E-state index contributed by atoms with van der Waals surface area (Å²) in [6, 6.07) is 14.1. The molecule has 0 aliphatic rings. The zero-order valence-corrected chi connectivity index (χ0v) is 18.7. The predicted molar refractivity (Wildman–Crippen MR) is 118 cm³/mol. The second-order valence-corrected chi connectivity index (χ2v) is 9.46. The van der Waals surface area contributed by atoms with Crippen molar-refractivity contribution in [3.05, 3.63) is 70.9 Å². The lowest BCUT2D eigenvalue weighted by Crippen LogP contribution is -2.42. The number of amides is 2. The largest absolute Gasteiger partial charge is 0.288 e. The van der Waals surface area contributed by atoms with Gasteiger partial charge in [-0.2, -0.15) is 4.31 Å². The second kappa shape index (κ2) is 9.01. The third kappa shape index (κ3) is 4.84. The number of para-hydroxylation sites is 1. The van der Waals surface area contributed by atoms with Crippen LogP contribution in [-0.4, -0.2) is 42.6 Å². The van der Waals surface area contributed by atoms with Crippen molar-refractivity contribution >= 4 is 44.3 Å². The molecule has 0 radical (unpaired) electrons. The quantitative estimate of drug-likeness (QED) is 0.569. The number of hydrogen-bond donors (Lipinski definition) is 2. The number of fused-ring (bicyclic) bond motifs is 1. The Morgan fingerprint density at radius 3 is 2.39 bits per heavy atom. The van der Waals surface area contributed by atoms with Gasteiger partial charge in [-0.1, -0.05) is 35.9 Å². The zero-order chi connectivity index (χ0) is 22.8. The lowest BCUT2D eigenvalue weighted by molar-refractivity contribution is 0.0844. The molecular formula is C21H21ClN4O4S. The molecule has 0 bridgehead atoms. The van der Waals surface area contributed by atoms with E-state index < -0.39 is 21.8 Å². The Kier molecular flexibility index (Phi) is 6.59. The van der Waals surface area contributed by atoms with Gasteiger partial charge >= 0.3 is 0 Å². The number of pyridine rings is 1. The summed E-state index contributed by atoms with van der Waals surface area (Å²) >= 11 is 6.09. The molecule has 2 amide bonds. The molecule has 0 atom stereocenters. The minimum Gasteiger partial charge on any atom is -0.267 e. The molecule has 0 aliphatic heterocycles. The summed E-state index contributed by atoms with van der Waals surface area (Å²) < 4.78 is 26.6. The first-order valence-electron chi connectivity index (χ1n) is 9.35. The van der Waals surface area contributed by atoms with Gasteiger partial charge < -0.3 is 0 Å². The Balaban J connectivity index is 1.77. The van der Waals surface area contributed by atoms with E-state index in [0.717, 1.165) is 5.39 Å². The van der Waals surface area contributed by atoms with Gasteiger partial charge in [0.15, 0.2) is 0 Å². The van der Waals surface area contributed by atoms with Gasteiger partial charge in [-0.25, -0.2) is 13.4 Å². The average molecular weight is 461 g/mol. The maximum absolute atomic E-state index is 12.7. The number of halogens is 1. The van der Waals surface area contributed by atoms with E-state index in [1.807, 2.05) is 12.1 Å². The highest BCUT2D eigenvalue weighted by Crippen LogP contribution is 2.23. The van der Waals surface area contributed by atoms with Gasteiger partial charge in [0.25, 0.3) is 11.8 Å². The molecule has 1 aromatic heterocycles. The summed E-state index contributed by atoms with van der Waals surface area (Å²) in [5.74, 6) is -1.39. The molecule has 0 saturated heterocycles. The second-order valence-electron chi connectivity index (χ2n) is 7.05. The first-order chi connectivity index (χ1) is 14.6. The van der Waals surface area contributed by atoms with Crippen molar-refractivity contribution in [1.29, 1.82) is 0 Å². The van der Waals surface area contributed by atoms with Crippen molar-refractivity contribution in [3.63, 3.8) is 0 Å².